The van der Waals surface area contributed by atoms with E-state index in [1.54, 1.807) is 31.3 Å². The topological polar surface area (TPSA) is 114 Å². The van der Waals surface area contributed by atoms with Crippen molar-refractivity contribution in [3.8, 4) is 0 Å². The lowest BCUT2D eigenvalue weighted by Crippen LogP contribution is -2.53. The van der Waals surface area contributed by atoms with Crippen molar-refractivity contribution in [1.82, 2.24) is 10.6 Å². The summed E-state index contributed by atoms with van der Waals surface area (Å²) in [7, 11) is 1.57. The third-order valence-electron chi connectivity index (χ3n) is 5.71. The Bertz CT molecular complexity index is 1050. The molecule has 3 rings (SSSR count). The highest BCUT2D eigenvalue weighted by Gasteiger charge is 2.34. The molecule has 1 aliphatic rings. The molecule has 0 aliphatic heterocycles. The standard InChI is InChI=1S/C24H27F3N4O4/c1-31(18-8-3-2-4-9-18)23(34)35-20-13-17(28)10-11-19(20)30-21(32)14-29-22(33)15-6-5-7-16(12-15)24(25,26)27/h2-9,12,17,19-20H,10-11,13-14,28H2,1H3,(H,29,33)(H,30,32)/t17-,19+,20-/m1/s1. The molecule has 0 bridgehead atoms. The molecule has 0 aromatic heterocycles. The van der Waals surface area contributed by atoms with Crippen molar-refractivity contribution >= 4 is 23.6 Å². The third-order valence-corrected chi connectivity index (χ3v) is 5.71. The van der Waals surface area contributed by atoms with Gasteiger partial charge in [-0.1, -0.05) is 24.3 Å². The molecular weight excluding hydrogens is 465 g/mol. The van der Waals surface area contributed by atoms with Gasteiger partial charge in [0, 0.05) is 30.8 Å². The van der Waals surface area contributed by atoms with E-state index in [-0.39, 0.29) is 11.6 Å². The first kappa shape index (κ1) is 26.0. The summed E-state index contributed by atoms with van der Waals surface area (Å²) < 4.78 is 44.2. The van der Waals surface area contributed by atoms with Crippen molar-refractivity contribution in [3.63, 3.8) is 0 Å². The van der Waals surface area contributed by atoms with Gasteiger partial charge in [-0.2, -0.15) is 13.2 Å². The molecule has 3 amide bonds. The van der Waals surface area contributed by atoms with Crippen LogP contribution in [0.4, 0.5) is 23.7 Å². The summed E-state index contributed by atoms with van der Waals surface area (Å²) >= 11 is 0. The Kier molecular flexibility index (Phi) is 8.34. The van der Waals surface area contributed by atoms with Gasteiger partial charge in [0.05, 0.1) is 18.2 Å². The first-order valence-corrected chi connectivity index (χ1v) is 11.0. The second kappa shape index (κ2) is 11.2. The quantitative estimate of drug-likeness (QED) is 0.574. The zero-order valence-corrected chi connectivity index (χ0v) is 19.0. The molecule has 0 spiro atoms. The number of anilines is 1. The Morgan fingerprint density at radius 1 is 1.09 bits per heavy atom. The molecular formula is C24H27F3N4O4. The predicted octanol–water partition coefficient (Wildman–Crippen LogP) is 3.07. The predicted molar refractivity (Wildman–Crippen MR) is 123 cm³/mol. The van der Waals surface area contributed by atoms with Gasteiger partial charge < -0.3 is 21.1 Å². The summed E-state index contributed by atoms with van der Waals surface area (Å²) in [5, 5.41) is 5.04. The van der Waals surface area contributed by atoms with Crippen LogP contribution < -0.4 is 21.3 Å². The van der Waals surface area contributed by atoms with Crippen LogP contribution >= 0.6 is 0 Å². The van der Waals surface area contributed by atoms with Gasteiger partial charge >= 0.3 is 12.3 Å². The second-order valence-electron chi connectivity index (χ2n) is 8.33. The fraction of sp³-hybridized carbons (Fsp3) is 0.375. The number of rotatable bonds is 6. The van der Waals surface area contributed by atoms with Crippen LogP contribution in [0.25, 0.3) is 0 Å². The summed E-state index contributed by atoms with van der Waals surface area (Å²) in [6.07, 6.45) is -4.47. The van der Waals surface area contributed by atoms with E-state index in [9.17, 15) is 27.6 Å². The van der Waals surface area contributed by atoms with Gasteiger partial charge in [0.15, 0.2) is 0 Å². The van der Waals surface area contributed by atoms with Crippen molar-refractivity contribution in [2.45, 2.75) is 43.6 Å². The van der Waals surface area contributed by atoms with Gasteiger partial charge in [-0.3, -0.25) is 14.5 Å². The van der Waals surface area contributed by atoms with E-state index in [2.05, 4.69) is 10.6 Å². The normalized spacial score (nSPS) is 20.0. The van der Waals surface area contributed by atoms with Crippen LogP contribution in [0.1, 0.15) is 35.2 Å². The van der Waals surface area contributed by atoms with Crippen LogP contribution in [0.5, 0.6) is 0 Å². The van der Waals surface area contributed by atoms with Gasteiger partial charge in [-0.15, -0.1) is 0 Å². The number of para-hydroxylation sites is 1. The lowest BCUT2D eigenvalue weighted by molar-refractivity contribution is -0.137. The molecule has 0 radical (unpaired) electrons. The van der Waals surface area contributed by atoms with Crippen molar-refractivity contribution in [2.75, 3.05) is 18.5 Å². The summed E-state index contributed by atoms with van der Waals surface area (Å²) in [6, 6.07) is 12.1. The monoisotopic (exact) mass is 492 g/mol. The average Bonchev–Trinajstić information content (AvgIpc) is 2.83. The molecule has 0 saturated heterocycles. The summed E-state index contributed by atoms with van der Waals surface area (Å²) in [5.41, 5.74) is 5.49. The number of nitrogens with two attached hydrogens (primary N) is 1. The largest absolute Gasteiger partial charge is 0.444 e. The average molecular weight is 492 g/mol. The maximum absolute atomic E-state index is 12.9. The number of nitrogens with zero attached hydrogens (tertiary/aromatic N) is 1. The first-order chi connectivity index (χ1) is 16.5. The van der Waals surface area contributed by atoms with Gasteiger partial charge in [0.25, 0.3) is 5.91 Å². The highest BCUT2D eigenvalue weighted by Crippen LogP contribution is 2.29. The van der Waals surface area contributed by atoms with E-state index in [0.717, 1.165) is 12.1 Å². The molecule has 1 saturated carbocycles. The Balaban J connectivity index is 1.56. The van der Waals surface area contributed by atoms with E-state index in [4.69, 9.17) is 10.5 Å². The number of ether oxygens (including phenoxy) is 1. The highest BCUT2D eigenvalue weighted by atomic mass is 19.4. The van der Waals surface area contributed by atoms with Gasteiger partial charge in [-0.05, 0) is 43.2 Å². The van der Waals surface area contributed by atoms with Gasteiger partial charge in [0.1, 0.15) is 6.10 Å². The second-order valence-corrected chi connectivity index (χ2v) is 8.33. The minimum Gasteiger partial charge on any atom is -0.444 e. The van der Waals surface area contributed by atoms with Crippen molar-refractivity contribution in [2.24, 2.45) is 5.73 Å². The molecule has 35 heavy (non-hydrogen) atoms. The molecule has 3 atom stereocenters. The fourth-order valence-electron chi connectivity index (χ4n) is 3.78. The molecule has 1 aliphatic carbocycles. The molecule has 188 valence electrons. The lowest BCUT2D eigenvalue weighted by Gasteiger charge is -2.35. The summed E-state index contributed by atoms with van der Waals surface area (Å²) in [6.45, 7) is -0.456. The smallest absolute Gasteiger partial charge is 0.416 e. The minimum absolute atomic E-state index is 0.205. The Hall–Kier alpha value is -3.60. The Labute approximate surface area is 200 Å². The van der Waals surface area contributed by atoms with E-state index < -0.39 is 48.3 Å². The zero-order chi connectivity index (χ0) is 25.6. The van der Waals surface area contributed by atoms with Crippen LogP contribution in [0.15, 0.2) is 54.6 Å². The molecule has 0 heterocycles. The third kappa shape index (κ3) is 7.19. The highest BCUT2D eigenvalue weighted by molar-refractivity contribution is 5.96. The number of hydrogen-bond donors (Lipinski definition) is 3. The van der Waals surface area contributed by atoms with Crippen molar-refractivity contribution < 1.29 is 32.3 Å². The van der Waals surface area contributed by atoms with E-state index in [1.165, 1.54) is 11.0 Å². The van der Waals surface area contributed by atoms with Gasteiger partial charge in [-0.25, -0.2) is 4.79 Å². The van der Waals surface area contributed by atoms with Crippen LogP contribution in [-0.4, -0.2) is 49.7 Å². The molecule has 1 fully saturated rings. The molecule has 4 N–H and O–H groups in total. The molecule has 2 aromatic carbocycles. The van der Waals surface area contributed by atoms with E-state index in [1.807, 2.05) is 6.07 Å². The van der Waals surface area contributed by atoms with E-state index in [0.29, 0.717) is 31.0 Å². The van der Waals surface area contributed by atoms with Crippen LogP contribution in [0.3, 0.4) is 0 Å². The van der Waals surface area contributed by atoms with Crippen LogP contribution in [0, 0.1) is 0 Å². The van der Waals surface area contributed by atoms with Crippen LogP contribution in [-0.2, 0) is 15.7 Å². The zero-order valence-electron chi connectivity index (χ0n) is 19.0. The van der Waals surface area contributed by atoms with E-state index >= 15 is 0 Å². The van der Waals surface area contributed by atoms with Crippen molar-refractivity contribution in [1.29, 1.82) is 0 Å². The Morgan fingerprint density at radius 2 is 1.80 bits per heavy atom. The number of alkyl halides is 3. The van der Waals surface area contributed by atoms with Crippen molar-refractivity contribution in [3.05, 3.63) is 65.7 Å². The molecule has 2 aromatic rings. The maximum atomic E-state index is 12.9. The summed E-state index contributed by atoms with van der Waals surface area (Å²) in [5.74, 6) is -1.38. The number of amides is 3. The molecule has 8 nitrogen and oxygen atoms in total. The first-order valence-electron chi connectivity index (χ1n) is 11.0. The number of halogens is 3. The minimum atomic E-state index is -4.59. The SMILES string of the molecule is CN(C(=O)O[C@@H]1C[C@H](N)CC[C@@H]1NC(=O)CNC(=O)c1cccc(C(F)(F)F)c1)c1ccccc1. The fourth-order valence-corrected chi connectivity index (χ4v) is 3.78. The molecule has 0 unspecified atom stereocenters. The maximum Gasteiger partial charge on any atom is 0.416 e. The number of carbonyl (C=O) groups is 3. The lowest BCUT2D eigenvalue weighted by atomic mass is 9.89. The summed E-state index contributed by atoms with van der Waals surface area (Å²) in [4.78, 5) is 38.7. The number of nitrogens with one attached hydrogen (secondary N) is 2. The number of carbonyl (C=O) groups excluding carboxylic acids is 3. The Morgan fingerprint density at radius 3 is 2.49 bits per heavy atom. The molecule has 11 heteroatoms. The number of hydrogen-bond acceptors (Lipinski definition) is 5. The number of benzene rings is 2. The van der Waals surface area contributed by atoms with Gasteiger partial charge in [0.2, 0.25) is 5.91 Å². The van der Waals surface area contributed by atoms with Crippen LogP contribution in [0.2, 0.25) is 0 Å².